The summed E-state index contributed by atoms with van der Waals surface area (Å²) in [6.07, 6.45) is 0.869. The molecule has 0 radical (unpaired) electrons. The highest BCUT2D eigenvalue weighted by Crippen LogP contribution is 2.20. The Bertz CT molecular complexity index is 579. The van der Waals surface area contributed by atoms with Gasteiger partial charge in [0.05, 0.1) is 16.8 Å². The van der Waals surface area contributed by atoms with Crippen molar-refractivity contribution in [2.45, 2.75) is 19.9 Å². The number of aryl methyl sites for hydroxylation is 1. The Labute approximate surface area is 99.1 Å². The van der Waals surface area contributed by atoms with E-state index in [1.807, 2.05) is 25.1 Å². The Kier molecular flexibility index (Phi) is 3.06. The summed E-state index contributed by atoms with van der Waals surface area (Å²) in [5, 5.41) is 9.87. The van der Waals surface area contributed by atoms with Crippen LogP contribution in [0.5, 0.6) is 0 Å². The summed E-state index contributed by atoms with van der Waals surface area (Å²) in [5.41, 5.74) is 8.16. The van der Waals surface area contributed by atoms with Gasteiger partial charge in [-0.15, -0.1) is 0 Å². The summed E-state index contributed by atoms with van der Waals surface area (Å²) in [6, 6.07) is 7.23. The second-order valence-electron chi connectivity index (χ2n) is 3.88. The maximum absolute atomic E-state index is 11.2. The summed E-state index contributed by atoms with van der Waals surface area (Å²) < 4.78 is 0. The molecule has 0 amide bonds. The number of hydrogen-bond donors (Lipinski definition) is 2. The molecule has 4 heteroatoms. The quantitative estimate of drug-likeness (QED) is 0.845. The summed E-state index contributed by atoms with van der Waals surface area (Å²) in [4.78, 5) is 15.5. The Morgan fingerprint density at radius 1 is 1.41 bits per heavy atom. The zero-order valence-corrected chi connectivity index (χ0v) is 9.60. The molecule has 0 aliphatic rings. The SMILES string of the molecule is CCc1ccc2nc(CN)cc(C(=O)O)c2c1. The highest BCUT2D eigenvalue weighted by Gasteiger charge is 2.11. The van der Waals surface area contributed by atoms with E-state index in [0.717, 1.165) is 12.0 Å². The van der Waals surface area contributed by atoms with Gasteiger partial charge in [0, 0.05) is 11.9 Å². The van der Waals surface area contributed by atoms with E-state index < -0.39 is 5.97 Å². The third-order valence-corrected chi connectivity index (χ3v) is 2.77. The van der Waals surface area contributed by atoms with E-state index in [0.29, 0.717) is 16.6 Å². The van der Waals surface area contributed by atoms with Crippen molar-refractivity contribution in [1.82, 2.24) is 4.98 Å². The van der Waals surface area contributed by atoms with Crippen LogP contribution < -0.4 is 5.73 Å². The molecule has 0 saturated heterocycles. The lowest BCUT2D eigenvalue weighted by molar-refractivity contribution is 0.0699. The van der Waals surface area contributed by atoms with Crippen LogP contribution in [-0.4, -0.2) is 16.1 Å². The maximum Gasteiger partial charge on any atom is 0.336 e. The van der Waals surface area contributed by atoms with Crippen LogP contribution in [0, 0.1) is 0 Å². The topological polar surface area (TPSA) is 76.2 Å². The highest BCUT2D eigenvalue weighted by atomic mass is 16.4. The molecule has 2 aromatic rings. The van der Waals surface area contributed by atoms with Gasteiger partial charge in [0.25, 0.3) is 0 Å². The van der Waals surface area contributed by atoms with Crippen LogP contribution in [-0.2, 0) is 13.0 Å². The number of hydrogen-bond acceptors (Lipinski definition) is 3. The molecule has 1 aromatic carbocycles. The van der Waals surface area contributed by atoms with Gasteiger partial charge in [0.15, 0.2) is 0 Å². The number of benzene rings is 1. The van der Waals surface area contributed by atoms with E-state index in [1.54, 1.807) is 6.07 Å². The van der Waals surface area contributed by atoms with Crippen molar-refractivity contribution >= 4 is 16.9 Å². The number of nitrogens with zero attached hydrogens (tertiary/aromatic N) is 1. The summed E-state index contributed by atoms with van der Waals surface area (Å²) in [7, 11) is 0. The van der Waals surface area contributed by atoms with Gasteiger partial charge < -0.3 is 10.8 Å². The van der Waals surface area contributed by atoms with Crippen molar-refractivity contribution in [3.05, 3.63) is 41.1 Å². The van der Waals surface area contributed by atoms with E-state index in [9.17, 15) is 9.90 Å². The lowest BCUT2D eigenvalue weighted by Crippen LogP contribution is -2.05. The number of rotatable bonds is 3. The van der Waals surface area contributed by atoms with E-state index in [1.165, 1.54) is 0 Å². The van der Waals surface area contributed by atoms with Crippen LogP contribution in [0.25, 0.3) is 10.9 Å². The summed E-state index contributed by atoms with van der Waals surface area (Å²) in [5.74, 6) is -0.944. The predicted octanol–water partition coefficient (Wildman–Crippen LogP) is 1.95. The van der Waals surface area contributed by atoms with Crippen molar-refractivity contribution in [2.75, 3.05) is 0 Å². The summed E-state index contributed by atoms with van der Waals surface area (Å²) in [6.45, 7) is 2.27. The molecule has 0 aliphatic heterocycles. The Hall–Kier alpha value is -1.94. The monoisotopic (exact) mass is 230 g/mol. The minimum absolute atomic E-state index is 0.242. The Balaban J connectivity index is 2.77. The molecule has 17 heavy (non-hydrogen) atoms. The maximum atomic E-state index is 11.2. The number of aromatic carboxylic acids is 1. The molecular formula is C13H14N2O2. The molecule has 0 bridgehead atoms. The zero-order chi connectivity index (χ0) is 12.4. The van der Waals surface area contributed by atoms with Gasteiger partial charge >= 0.3 is 5.97 Å². The van der Waals surface area contributed by atoms with E-state index in [4.69, 9.17) is 5.73 Å². The number of carboxylic acid groups (broad SMARTS) is 1. The molecule has 2 rings (SSSR count). The first kappa shape index (κ1) is 11.5. The number of carboxylic acids is 1. The largest absolute Gasteiger partial charge is 0.478 e. The van der Waals surface area contributed by atoms with Crippen molar-refractivity contribution in [1.29, 1.82) is 0 Å². The van der Waals surface area contributed by atoms with Gasteiger partial charge in [-0.25, -0.2) is 4.79 Å². The van der Waals surface area contributed by atoms with Crippen LogP contribution in [0.3, 0.4) is 0 Å². The zero-order valence-electron chi connectivity index (χ0n) is 9.60. The smallest absolute Gasteiger partial charge is 0.336 e. The molecule has 0 atom stereocenters. The fraction of sp³-hybridized carbons (Fsp3) is 0.231. The number of nitrogens with two attached hydrogens (primary N) is 1. The van der Waals surface area contributed by atoms with Gasteiger partial charge in [-0.2, -0.15) is 0 Å². The van der Waals surface area contributed by atoms with E-state index in [2.05, 4.69) is 4.98 Å². The van der Waals surface area contributed by atoms with E-state index in [-0.39, 0.29) is 12.1 Å². The molecule has 1 aromatic heterocycles. The first-order valence-electron chi connectivity index (χ1n) is 5.51. The van der Waals surface area contributed by atoms with Crippen molar-refractivity contribution in [2.24, 2.45) is 5.73 Å². The molecule has 0 unspecified atom stereocenters. The second kappa shape index (κ2) is 4.51. The van der Waals surface area contributed by atoms with Crippen molar-refractivity contribution in [3.8, 4) is 0 Å². The lowest BCUT2D eigenvalue weighted by atomic mass is 10.0. The standard InChI is InChI=1S/C13H14N2O2/c1-2-8-3-4-12-10(5-8)11(13(16)17)6-9(7-14)15-12/h3-6H,2,7,14H2,1H3,(H,16,17). The van der Waals surface area contributed by atoms with Crippen molar-refractivity contribution in [3.63, 3.8) is 0 Å². The molecule has 0 aliphatic carbocycles. The number of aromatic nitrogens is 1. The minimum atomic E-state index is -0.944. The molecule has 0 fully saturated rings. The van der Waals surface area contributed by atoms with Crippen LogP contribution in [0.1, 0.15) is 28.5 Å². The number of pyridine rings is 1. The predicted molar refractivity (Wildman–Crippen MR) is 66.0 cm³/mol. The molecule has 0 spiro atoms. The molecule has 88 valence electrons. The van der Waals surface area contributed by atoms with Gasteiger partial charge in [-0.05, 0) is 30.2 Å². The fourth-order valence-corrected chi connectivity index (χ4v) is 1.83. The van der Waals surface area contributed by atoms with E-state index >= 15 is 0 Å². The molecule has 3 N–H and O–H groups in total. The average molecular weight is 230 g/mol. The molecule has 1 heterocycles. The normalized spacial score (nSPS) is 10.7. The second-order valence-corrected chi connectivity index (χ2v) is 3.88. The van der Waals surface area contributed by atoms with Crippen molar-refractivity contribution < 1.29 is 9.90 Å². The lowest BCUT2D eigenvalue weighted by Gasteiger charge is -2.07. The Morgan fingerprint density at radius 2 is 2.18 bits per heavy atom. The van der Waals surface area contributed by atoms with Gasteiger partial charge in [0.1, 0.15) is 0 Å². The Morgan fingerprint density at radius 3 is 2.76 bits per heavy atom. The summed E-state index contributed by atoms with van der Waals surface area (Å²) >= 11 is 0. The third kappa shape index (κ3) is 2.12. The van der Waals surface area contributed by atoms with Gasteiger partial charge in [-0.3, -0.25) is 4.98 Å². The van der Waals surface area contributed by atoms with Crippen LogP contribution >= 0.6 is 0 Å². The molecule has 0 saturated carbocycles. The molecule has 4 nitrogen and oxygen atoms in total. The third-order valence-electron chi connectivity index (χ3n) is 2.77. The first-order valence-corrected chi connectivity index (χ1v) is 5.51. The first-order chi connectivity index (χ1) is 8.15. The highest BCUT2D eigenvalue weighted by molar-refractivity contribution is 6.02. The fourth-order valence-electron chi connectivity index (χ4n) is 1.83. The number of carbonyl (C=O) groups is 1. The van der Waals surface area contributed by atoms with Crippen LogP contribution in [0.2, 0.25) is 0 Å². The minimum Gasteiger partial charge on any atom is -0.478 e. The molecular weight excluding hydrogens is 216 g/mol. The van der Waals surface area contributed by atoms with Gasteiger partial charge in [0.2, 0.25) is 0 Å². The van der Waals surface area contributed by atoms with Crippen LogP contribution in [0.15, 0.2) is 24.3 Å². The van der Waals surface area contributed by atoms with Crippen LogP contribution in [0.4, 0.5) is 0 Å². The van der Waals surface area contributed by atoms with Gasteiger partial charge in [-0.1, -0.05) is 13.0 Å². The average Bonchev–Trinajstić information content (AvgIpc) is 2.36. The number of fused-ring (bicyclic) bond motifs is 1.